The Morgan fingerprint density at radius 1 is 1.28 bits per heavy atom. The van der Waals surface area contributed by atoms with E-state index in [1.165, 1.54) is 0 Å². The SMILES string of the molecule is NC(N)=Nc1nc(C(=O)O)c(-c2ccccc2)s1. The Morgan fingerprint density at radius 3 is 2.50 bits per heavy atom. The van der Waals surface area contributed by atoms with E-state index in [9.17, 15) is 4.79 Å². The van der Waals surface area contributed by atoms with Gasteiger partial charge >= 0.3 is 5.97 Å². The van der Waals surface area contributed by atoms with Crippen molar-refractivity contribution >= 4 is 28.4 Å². The molecular formula is C11H10N4O2S. The topological polar surface area (TPSA) is 115 Å². The summed E-state index contributed by atoms with van der Waals surface area (Å²) in [6, 6.07) is 9.10. The van der Waals surface area contributed by atoms with Gasteiger partial charge in [0.05, 0.1) is 4.88 Å². The number of hydrogen-bond acceptors (Lipinski definition) is 4. The second-order valence-corrected chi connectivity index (χ2v) is 4.36. The van der Waals surface area contributed by atoms with Crippen molar-refractivity contribution in [3.8, 4) is 10.4 Å². The molecule has 5 N–H and O–H groups in total. The molecule has 0 radical (unpaired) electrons. The van der Waals surface area contributed by atoms with Crippen LogP contribution >= 0.6 is 11.3 Å². The minimum Gasteiger partial charge on any atom is -0.476 e. The van der Waals surface area contributed by atoms with Crippen LogP contribution in [0.25, 0.3) is 10.4 Å². The molecule has 0 unspecified atom stereocenters. The molecule has 0 atom stereocenters. The normalized spacial score (nSPS) is 10.0. The van der Waals surface area contributed by atoms with Crippen LogP contribution in [0.3, 0.4) is 0 Å². The predicted octanol–water partition coefficient (Wildman–Crippen LogP) is 1.41. The number of carboxylic acids is 1. The first kappa shape index (κ1) is 12.1. The number of carboxylic acid groups (broad SMARTS) is 1. The Balaban J connectivity index is 2.56. The van der Waals surface area contributed by atoms with Gasteiger partial charge in [-0.3, -0.25) is 0 Å². The molecule has 0 bridgehead atoms. The van der Waals surface area contributed by atoms with E-state index >= 15 is 0 Å². The van der Waals surface area contributed by atoms with Crippen LogP contribution in [0.15, 0.2) is 35.3 Å². The van der Waals surface area contributed by atoms with Gasteiger partial charge in [-0.05, 0) is 5.56 Å². The van der Waals surface area contributed by atoms with Crippen molar-refractivity contribution in [2.75, 3.05) is 0 Å². The number of carbonyl (C=O) groups is 1. The third-order valence-electron chi connectivity index (χ3n) is 2.08. The fraction of sp³-hybridized carbons (Fsp3) is 0. The summed E-state index contributed by atoms with van der Waals surface area (Å²) in [5, 5.41) is 9.34. The van der Waals surface area contributed by atoms with Gasteiger partial charge in [0.1, 0.15) is 0 Å². The second-order valence-electron chi connectivity index (χ2n) is 3.38. The van der Waals surface area contributed by atoms with Gasteiger partial charge in [0.2, 0.25) is 5.13 Å². The first-order valence-corrected chi connectivity index (χ1v) is 5.78. The number of hydrogen-bond donors (Lipinski definition) is 3. The van der Waals surface area contributed by atoms with Crippen molar-refractivity contribution in [2.45, 2.75) is 0 Å². The molecule has 0 spiro atoms. The maximum Gasteiger partial charge on any atom is 0.356 e. The quantitative estimate of drug-likeness (QED) is 0.571. The van der Waals surface area contributed by atoms with E-state index in [1.807, 2.05) is 18.2 Å². The Labute approximate surface area is 107 Å². The number of nitrogens with two attached hydrogens (primary N) is 2. The zero-order valence-corrected chi connectivity index (χ0v) is 10.0. The molecule has 0 amide bonds. The van der Waals surface area contributed by atoms with Crippen LogP contribution in [-0.2, 0) is 0 Å². The lowest BCUT2D eigenvalue weighted by molar-refractivity contribution is 0.0692. The van der Waals surface area contributed by atoms with Gasteiger partial charge in [-0.2, -0.15) is 4.99 Å². The first-order valence-electron chi connectivity index (χ1n) is 4.97. The van der Waals surface area contributed by atoms with Crippen molar-refractivity contribution in [3.05, 3.63) is 36.0 Å². The van der Waals surface area contributed by atoms with Crippen molar-refractivity contribution in [1.82, 2.24) is 4.98 Å². The number of aromatic carboxylic acids is 1. The molecule has 0 fully saturated rings. The highest BCUT2D eigenvalue weighted by molar-refractivity contribution is 7.19. The second kappa shape index (κ2) is 4.84. The minimum atomic E-state index is -1.11. The van der Waals surface area contributed by atoms with Crippen LogP contribution in [-0.4, -0.2) is 22.0 Å². The summed E-state index contributed by atoms with van der Waals surface area (Å²) in [6.07, 6.45) is 0. The number of benzene rings is 1. The van der Waals surface area contributed by atoms with Gasteiger partial charge in [0.15, 0.2) is 11.7 Å². The summed E-state index contributed by atoms with van der Waals surface area (Å²) >= 11 is 1.13. The van der Waals surface area contributed by atoms with Gasteiger partial charge in [-0.15, -0.1) is 0 Å². The first-order chi connectivity index (χ1) is 8.58. The average Bonchev–Trinajstić information content (AvgIpc) is 2.73. The number of rotatable bonds is 3. The molecule has 0 aliphatic carbocycles. The maximum absolute atomic E-state index is 11.1. The highest BCUT2D eigenvalue weighted by Gasteiger charge is 2.18. The zero-order valence-electron chi connectivity index (χ0n) is 9.20. The van der Waals surface area contributed by atoms with Crippen LogP contribution in [0.1, 0.15) is 10.5 Å². The van der Waals surface area contributed by atoms with E-state index < -0.39 is 5.97 Å². The Kier molecular flexibility index (Phi) is 3.24. The standard InChI is InChI=1S/C11H10N4O2S/c12-10(13)15-11-14-7(9(16)17)8(18-11)6-4-2-1-3-5-6/h1-5H,(H,16,17)(H4,12,13,14,15). The Morgan fingerprint density at radius 2 is 1.94 bits per heavy atom. The number of nitrogens with zero attached hydrogens (tertiary/aromatic N) is 2. The summed E-state index contributed by atoms with van der Waals surface area (Å²) in [7, 11) is 0. The molecule has 1 aromatic heterocycles. The van der Waals surface area contributed by atoms with E-state index in [0.717, 1.165) is 16.9 Å². The summed E-state index contributed by atoms with van der Waals surface area (Å²) in [6.45, 7) is 0. The summed E-state index contributed by atoms with van der Waals surface area (Å²) in [5.41, 5.74) is 11.2. The molecule has 2 aromatic rings. The molecule has 0 saturated carbocycles. The lowest BCUT2D eigenvalue weighted by Crippen LogP contribution is -2.21. The number of aromatic nitrogens is 1. The highest BCUT2D eigenvalue weighted by atomic mass is 32.1. The molecule has 0 saturated heterocycles. The van der Waals surface area contributed by atoms with Crippen molar-refractivity contribution in [2.24, 2.45) is 16.5 Å². The largest absolute Gasteiger partial charge is 0.476 e. The lowest BCUT2D eigenvalue weighted by Gasteiger charge is -1.96. The number of guanidine groups is 1. The zero-order chi connectivity index (χ0) is 13.1. The van der Waals surface area contributed by atoms with Gasteiger partial charge in [0, 0.05) is 0 Å². The van der Waals surface area contributed by atoms with Crippen LogP contribution < -0.4 is 11.5 Å². The van der Waals surface area contributed by atoms with E-state index in [0.29, 0.717) is 4.88 Å². The lowest BCUT2D eigenvalue weighted by atomic mass is 10.1. The third-order valence-corrected chi connectivity index (χ3v) is 3.08. The van der Waals surface area contributed by atoms with Crippen LogP contribution in [0.5, 0.6) is 0 Å². The molecule has 0 aliphatic rings. The van der Waals surface area contributed by atoms with Crippen molar-refractivity contribution in [3.63, 3.8) is 0 Å². The van der Waals surface area contributed by atoms with Gasteiger partial charge in [0.25, 0.3) is 0 Å². The summed E-state index contributed by atoms with van der Waals surface area (Å²) in [4.78, 5) is 19.3. The van der Waals surface area contributed by atoms with Gasteiger partial charge in [-0.25, -0.2) is 9.78 Å². The minimum absolute atomic E-state index is 0.0498. The Bertz CT molecular complexity index is 603. The highest BCUT2D eigenvalue weighted by Crippen LogP contribution is 2.34. The molecule has 0 aliphatic heterocycles. The summed E-state index contributed by atoms with van der Waals surface area (Å²) in [5.74, 6) is -1.26. The van der Waals surface area contributed by atoms with Crippen molar-refractivity contribution in [1.29, 1.82) is 0 Å². The van der Waals surface area contributed by atoms with Gasteiger partial charge in [-0.1, -0.05) is 41.7 Å². The number of thiazole rings is 1. The monoisotopic (exact) mass is 262 g/mol. The molecule has 7 heteroatoms. The van der Waals surface area contributed by atoms with Crippen LogP contribution in [0.2, 0.25) is 0 Å². The van der Waals surface area contributed by atoms with Gasteiger partial charge < -0.3 is 16.6 Å². The van der Waals surface area contributed by atoms with E-state index in [2.05, 4.69) is 9.98 Å². The van der Waals surface area contributed by atoms with E-state index in [4.69, 9.17) is 16.6 Å². The van der Waals surface area contributed by atoms with Crippen LogP contribution in [0, 0.1) is 0 Å². The van der Waals surface area contributed by atoms with Crippen LogP contribution in [0.4, 0.5) is 5.13 Å². The molecular weight excluding hydrogens is 252 g/mol. The van der Waals surface area contributed by atoms with E-state index in [1.54, 1.807) is 12.1 Å². The molecule has 1 heterocycles. The molecule has 92 valence electrons. The smallest absolute Gasteiger partial charge is 0.356 e. The molecule has 18 heavy (non-hydrogen) atoms. The summed E-state index contributed by atoms with van der Waals surface area (Å²) < 4.78 is 0. The fourth-order valence-electron chi connectivity index (χ4n) is 1.40. The number of aliphatic imine (C=N–C) groups is 1. The third kappa shape index (κ3) is 2.46. The maximum atomic E-state index is 11.1. The van der Waals surface area contributed by atoms with E-state index in [-0.39, 0.29) is 16.8 Å². The fourth-order valence-corrected chi connectivity index (χ4v) is 2.35. The molecule has 6 nitrogen and oxygen atoms in total. The molecule has 2 rings (SSSR count). The average molecular weight is 262 g/mol. The molecule has 1 aromatic carbocycles. The van der Waals surface area contributed by atoms with Crippen molar-refractivity contribution < 1.29 is 9.90 Å². The predicted molar refractivity (Wildman–Crippen MR) is 70.0 cm³/mol. The Hall–Kier alpha value is -2.41.